The summed E-state index contributed by atoms with van der Waals surface area (Å²) in [6.07, 6.45) is 3.42. The van der Waals surface area contributed by atoms with E-state index < -0.39 is 21.6 Å². The highest BCUT2D eigenvalue weighted by Crippen LogP contribution is 2.33. The zero-order valence-electron chi connectivity index (χ0n) is 20.2. The fraction of sp³-hybridized carbons (Fsp3) is 0.308. The number of fused-ring (bicyclic) bond motifs is 1. The predicted molar refractivity (Wildman–Crippen MR) is 136 cm³/mol. The molecule has 9 heteroatoms. The van der Waals surface area contributed by atoms with Crippen LogP contribution in [-0.2, 0) is 16.3 Å². The second-order valence-electron chi connectivity index (χ2n) is 8.52. The van der Waals surface area contributed by atoms with Crippen molar-refractivity contribution in [2.75, 3.05) is 25.7 Å². The molecule has 0 spiro atoms. The normalized spacial score (nSPS) is 12.6. The number of hydrogen-bond donors (Lipinski definition) is 1. The van der Waals surface area contributed by atoms with Gasteiger partial charge in [-0.1, -0.05) is 30.3 Å². The van der Waals surface area contributed by atoms with E-state index in [1.165, 1.54) is 11.7 Å². The maximum absolute atomic E-state index is 13.3. The Hall–Kier alpha value is -3.59. The smallest absolute Gasteiger partial charge is 0.328 e. The lowest BCUT2D eigenvalue weighted by atomic mass is 10.0. The van der Waals surface area contributed by atoms with Crippen molar-refractivity contribution < 1.29 is 17.9 Å². The quantitative estimate of drug-likeness (QED) is 0.380. The molecule has 8 nitrogen and oxygen atoms in total. The van der Waals surface area contributed by atoms with Crippen LogP contribution in [0.1, 0.15) is 35.2 Å². The molecule has 184 valence electrons. The summed E-state index contributed by atoms with van der Waals surface area (Å²) in [5, 5.41) is 0. The van der Waals surface area contributed by atoms with Gasteiger partial charge in [-0.15, -0.1) is 0 Å². The van der Waals surface area contributed by atoms with E-state index in [1.54, 1.807) is 24.4 Å². The summed E-state index contributed by atoms with van der Waals surface area (Å²) in [6, 6.07) is 14.3. The lowest BCUT2D eigenvalue weighted by Crippen LogP contribution is -2.28. The third-order valence-electron chi connectivity index (χ3n) is 5.98. The summed E-state index contributed by atoms with van der Waals surface area (Å²) in [5.41, 5.74) is 4.37. The highest BCUT2D eigenvalue weighted by atomic mass is 32.2. The minimum absolute atomic E-state index is 0.276. The first-order valence-corrected chi connectivity index (χ1v) is 13.4. The number of benzene rings is 2. The molecule has 0 saturated heterocycles. The summed E-state index contributed by atoms with van der Waals surface area (Å²) in [6.45, 7) is 4.31. The molecule has 2 heterocycles. The first-order chi connectivity index (χ1) is 16.7. The average Bonchev–Trinajstić information content (AvgIpc) is 3.15. The molecule has 35 heavy (non-hydrogen) atoms. The van der Waals surface area contributed by atoms with E-state index in [0.717, 1.165) is 22.9 Å². The van der Waals surface area contributed by atoms with E-state index in [2.05, 4.69) is 16.0 Å². The van der Waals surface area contributed by atoms with E-state index in [9.17, 15) is 13.2 Å². The number of ether oxygens (including phenoxy) is 2. The SMILES string of the molecule is CCOc1cc([C@@H](CS(C)(=O)=O)n2c(=O)[nH]c3c(Cc4ccccc4C)ccnc32)ccc1OC. The van der Waals surface area contributed by atoms with Crippen LogP contribution < -0.4 is 15.2 Å². The standard InChI is InChI=1S/C26H29N3O5S/c1-5-34-23-15-19(10-11-22(23)33-3)21(16-35(4,31)32)29-25-24(28-26(29)30)20(12-13-27-25)14-18-9-7-6-8-17(18)2/h6-13,15,21H,5,14,16H2,1-4H3,(H,28,30)/t21-/m1/s1. The largest absolute Gasteiger partial charge is 0.493 e. The Morgan fingerprint density at radius 1 is 1.09 bits per heavy atom. The number of H-pyrrole nitrogens is 1. The van der Waals surface area contributed by atoms with Gasteiger partial charge in [0.2, 0.25) is 0 Å². The second kappa shape index (κ2) is 9.95. The Bertz CT molecular complexity index is 1520. The van der Waals surface area contributed by atoms with Crippen LogP contribution in [0.25, 0.3) is 11.2 Å². The second-order valence-corrected chi connectivity index (χ2v) is 10.7. The number of aromatic nitrogens is 3. The van der Waals surface area contributed by atoms with Gasteiger partial charge in [0.15, 0.2) is 17.1 Å². The van der Waals surface area contributed by atoms with Crippen molar-refractivity contribution in [3.8, 4) is 11.5 Å². The molecule has 2 aromatic heterocycles. The van der Waals surface area contributed by atoms with Crippen molar-refractivity contribution >= 4 is 21.0 Å². The topological polar surface area (TPSA) is 103 Å². The van der Waals surface area contributed by atoms with E-state index in [4.69, 9.17) is 9.47 Å². The van der Waals surface area contributed by atoms with Gasteiger partial charge < -0.3 is 14.5 Å². The molecule has 1 N–H and O–H groups in total. The van der Waals surface area contributed by atoms with Gasteiger partial charge in [-0.05, 0) is 60.7 Å². The van der Waals surface area contributed by atoms with Crippen molar-refractivity contribution in [1.82, 2.24) is 14.5 Å². The van der Waals surface area contributed by atoms with Gasteiger partial charge in [0.1, 0.15) is 9.84 Å². The Labute approximate surface area is 204 Å². The molecule has 1 atom stereocenters. The first kappa shape index (κ1) is 24.5. The number of aryl methyl sites for hydroxylation is 1. The Balaban J connectivity index is 1.88. The molecule has 0 fully saturated rings. The average molecular weight is 496 g/mol. The minimum Gasteiger partial charge on any atom is -0.493 e. The summed E-state index contributed by atoms with van der Waals surface area (Å²) in [4.78, 5) is 20.7. The van der Waals surface area contributed by atoms with E-state index in [0.29, 0.717) is 41.3 Å². The number of nitrogens with zero attached hydrogens (tertiary/aromatic N) is 2. The zero-order chi connectivity index (χ0) is 25.2. The van der Waals surface area contributed by atoms with Crippen molar-refractivity contribution in [3.05, 3.63) is 87.5 Å². The maximum Gasteiger partial charge on any atom is 0.328 e. The number of sulfone groups is 1. The summed E-state index contributed by atoms with van der Waals surface area (Å²) in [7, 11) is -1.92. The number of imidazole rings is 1. The molecule has 0 radical (unpaired) electrons. The minimum atomic E-state index is -3.46. The monoisotopic (exact) mass is 495 g/mol. The molecule has 4 aromatic rings. The third-order valence-corrected chi connectivity index (χ3v) is 6.90. The number of pyridine rings is 1. The Kier molecular flexibility index (Phi) is 6.98. The predicted octanol–water partition coefficient (Wildman–Crippen LogP) is 3.67. The number of methoxy groups -OCH3 is 1. The van der Waals surface area contributed by atoms with Gasteiger partial charge in [0.25, 0.3) is 0 Å². The fourth-order valence-corrected chi connectivity index (χ4v) is 5.21. The van der Waals surface area contributed by atoms with Crippen molar-refractivity contribution in [3.63, 3.8) is 0 Å². The fourth-order valence-electron chi connectivity index (χ4n) is 4.30. The van der Waals surface area contributed by atoms with Crippen LogP contribution >= 0.6 is 0 Å². The lowest BCUT2D eigenvalue weighted by molar-refractivity contribution is 0.310. The van der Waals surface area contributed by atoms with Gasteiger partial charge in [0.05, 0.1) is 31.0 Å². The number of aromatic amines is 1. The van der Waals surface area contributed by atoms with Gasteiger partial charge in [-0.3, -0.25) is 4.57 Å². The van der Waals surface area contributed by atoms with Crippen LogP contribution in [0.4, 0.5) is 0 Å². The Morgan fingerprint density at radius 3 is 2.54 bits per heavy atom. The van der Waals surface area contributed by atoms with Crippen LogP contribution in [0.5, 0.6) is 11.5 Å². The highest BCUT2D eigenvalue weighted by molar-refractivity contribution is 7.90. The third kappa shape index (κ3) is 5.24. The zero-order valence-corrected chi connectivity index (χ0v) is 21.1. The number of nitrogens with one attached hydrogen (secondary N) is 1. The highest BCUT2D eigenvalue weighted by Gasteiger charge is 2.26. The lowest BCUT2D eigenvalue weighted by Gasteiger charge is -2.20. The molecule has 0 aliphatic carbocycles. The molecule has 4 rings (SSSR count). The van der Waals surface area contributed by atoms with Crippen molar-refractivity contribution in [2.45, 2.75) is 26.3 Å². The van der Waals surface area contributed by atoms with E-state index in [-0.39, 0.29) is 5.75 Å². The molecule has 0 aliphatic rings. The molecule has 0 bridgehead atoms. The maximum atomic E-state index is 13.3. The molecule has 0 saturated carbocycles. The molecule has 0 aliphatic heterocycles. The Morgan fingerprint density at radius 2 is 1.86 bits per heavy atom. The number of rotatable bonds is 9. The van der Waals surface area contributed by atoms with Crippen LogP contribution in [-0.4, -0.2) is 48.7 Å². The van der Waals surface area contributed by atoms with Crippen molar-refractivity contribution in [2.24, 2.45) is 0 Å². The molecule has 0 amide bonds. The van der Waals surface area contributed by atoms with Gasteiger partial charge in [-0.2, -0.15) is 0 Å². The van der Waals surface area contributed by atoms with Crippen LogP contribution in [0.3, 0.4) is 0 Å². The first-order valence-electron chi connectivity index (χ1n) is 11.3. The van der Waals surface area contributed by atoms with E-state index >= 15 is 0 Å². The van der Waals surface area contributed by atoms with Gasteiger partial charge >= 0.3 is 5.69 Å². The van der Waals surface area contributed by atoms with Gasteiger partial charge in [-0.25, -0.2) is 18.2 Å². The molecular weight excluding hydrogens is 466 g/mol. The van der Waals surface area contributed by atoms with E-state index in [1.807, 2.05) is 38.1 Å². The van der Waals surface area contributed by atoms with Gasteiger partial charge in [0, 0.05) is 12.5 Å². The molecule has 2 aromatic carbocycles. The summed E-state index contributed by atoms with van der Waals surface area (Å²) >= 11 is 0. The molecular formula is C26H29N3O5S. The van der Waals surface area contributed by atoms with Crippen molar-refractivity contribution in [1.29, 1.82) is 0 Å². The number of hydrogen-bond acceptors (Lipinski definition) is 6. The van der Waals surface area contributed by atoms with Crippen LogP contribution in [0, 0.1) is 6.92 Å². The van der Waals surface area contributed by atoms with Crippen LogP contribution in [0.15, 0.2) is 59.5 Å². The van der Waals surface area contributed by atoms with Crippen LogP contribution in [0.2, 0.25) is 0 Å². The summed E-state index contributed by atoms with van der Waals surface area (Å²) < 4.78 is 37.4. The summed E-state index contributed by atoms with van der Waals surface area (Å²) in [5.74, 6) is 0.729. The molecule has 0 unspecified atom stereocenters.